The lowest BCUT2D eigenvalue weighted by Gasteiger charge is -2.10. The number of anilines is 1. The van der Waals surface area contributed by atoms with Crippen molar-refractivity contribution in [2.45, 2.75) is 6.92 Å². The minimum atomic E-state index is -0.533. The minimum absolute atomic E-state index is 0.00695. The summed E-state index contributed by atoms with van der Waals surface area (Å²) < 4.78 is 18.4. The highest BCUT2D eigenvalue weighted by atomic mass is 19.1. The molecule has 0 aliphatic carbocycles. The standard InChI is InChI=1S/C16H14FNO3/c1-11(19)12-6-2-4-8-14(12)18-16(20)10-21-15-9-5-3-7-13(15)17/h2-9H,10H2,1H3,(H,18,20). The van der Waals surface area contributed by atoms with Crippen molar-refractivity contribution in [3.8, 4) is 5.75 Å². The molecule has 0 heterocycles. The third-order valence-electron chi connectivity index (χ3n) is 2.78. The number of carbonyl (C=O) groups is 2. The summed E-state index contributed by atoms with van der Waals surface area (Å²) >= 11 is 0. The quantitative estimate of drug-likeness (QED) is 0.860. The molecule has 0 spiro atoms. The Labute approximate surface area is 121 Å². The summed E-state index contributed by atoms with van der Waals surface area (Å²) in [6.45, 7) is 1.08. The molecular weight excluding hydrogens is 273 g/mol. The van der Waals surface area contributed by atoms with Crippen molar-refractivity contribution in [1.29, 1.82) is 0 Å². The number of benzene rings is 2. The van der Waals surface area contributed by atoms with Gasteiger partial charge in [0.1, 0.15) is 0 Å². The summed E-state index contributed by atoms with van der Waals surface area (Å²) in [4.78, 5) is 23.2. The van der Waals surface area contributed by atoms with Gasteiger partial charge in [-0.05, 0) is 31.2 Å². The lowest BCUT2D eigenvalue weighted by atomic mass is 10.1. The van der Waals surface area contributed by atoms with E-state index in [1.54, 1.807) is 30.3 Å². The van der Waals surface area contributed by atoms with Crippen molar-refractivity contribution in [2.24, 2.45) is 0 Å². The molecule has 0 aliphatic rings. The van der Waals surface area contributed by atoms with E-state index in [9.17, 15) is 14.0 Å². The third kappa shape index (κ3) is 3.89. The summed E-state index contributed by atoms with van der Waals surface area (Å²) in [5.41, 5.74) is 0.823. The van der Waals surface area contributed by atoms with Crippen LogP contribution in [0.2, 0.25) is 0 Å². The van der Waals surface area contributed by atoms with Crippen LogP contribution in [-0.2, 0) is 4.79 Å². The molecule has 2 aromatic carbocycles. The van der Waals surface area contributed by atoms with Gasteiger partial charge in [0.2, 0.25) is 0 Å². The summed E-state index contributed by atoms with van der Waals surface area (Å²) in [6, 6.07) is 12.5. The van der Waals surface area contributed by atoms with Crippen LogP contribution in [0.4, 0.5) is 10.1 Å². The maximum absolute atomic E-state index is 13.3. The molecule has 1 N–H and O–H groups in total. The van der Waals surface area contributed by atoms with Crippen molar-refractivity contribution in [2.75, 3.05) is 11.9 Å². The highest BCUT2D eigenvalue weighted by molar-refractivity contribution is 6.03. The Balaban J connectivity index is 2.00. The Morgan fingerprint density at radius 2 is 1.76 bits per heavy atom. The van der Waals surface area contributed by atoms with Crippen LogP contribution in [0.25, 0.3) is 0 Å². The molecule has 0 fully saturated rings. The molecular formula is C16H14FNO3. The predicted octanol–water partition coefficient (Wildman–Crippen LogP) is 3.05. The zero-order valence-electron chi connectivity index (χ0n) is 11.4. The molecule has 0 aliphatic heterocycles. The molecule has 108 valence electrons. The molecule has 2 rings (SSSR count). The van der Waals surface area contributed by atoms with Crippen LogP contribution in [0.3, 0.4) is 0 Å². The Hall–Kier alpha value is -2.69. The van der Waals surface area contributed by atoms with Crippen LogP contribution in [0.5, 0.6) is 5.75 Å². The molecule has 0 saturated heterocycles. The number of halogens is 1. The van der Waals surface area contributed by atoms with Gasteiger partial charge in [0.15, 0.2) is 24.0 Å². The van der Waals surface area contributed by atoms with Gasteiger partial charge in [-0.2, -0.15) is 0 Å². The van der Waals surface area contributed by atoms with E-state index in [0.717, 1.165) is 0 Å². The average molecular weight is 287 g/mol. The number of nitrogens with one attached hydrogen (secondary N) is 1. The third-order valence-corrected chi connectivity index (χ3v) is 2.78. The van der Waals surface area contributed by atoms with Crippen LogP contribution in [0, 0.1) is 5.82 Å². The number of ketones is 1. The first-order valence-corrected chi connectivity index (χ1v) is 6.35. The first-order valence-electron chi connectivity index (χ1n) is 6.35. The van der Waals surface area contributed by atoms with E-state index in [0.29, 0.717) is 11.3 Å². The van der Waals surface area contributed by atoms with Crippen LogP contribution < -0.4 is 10.1 Å². The number of amides is 1. The van der Waals surface area contributed by atoms with Crippen molar-refractivity contribution >= 4 is 17.4 Å². The zero-order valence-corrected chi connectivity index (χ0v) is 11.4. The smallest absolute Gasteiger partial charge is 0.262 e. The van der Waals surface area contributed by atoms with Crippen molar-refractivity contribution in [3.63, 3.8) is 0 Å². The number of carbonyl (C=O) groups excluding carboxylic acids is 2. The molecule has 0 atom stereocenters. The molecule has 0 bridgehead atoms. The minimum Gasteiger partial charge on any atom is -0.481 e. The Kier molecular flexibility index (Phi) is 4.66. The number of rotatable bonds is 5. The zero-order chi connectivity index (χ0) is 15.2. The normalized spacial score (nSPS) is 10.0. The van der Waals surface area contributed by atoms with Gasteiger partial charge in [0.25, 0.3) is 5.91 Å². The molecule has 5 heteroatoms. The van der Waals surface area contributed by atoms with E-state index in [2.05, 4.69) is 5.32 Å². The van der Waals surface area contributed by atoms with Gasteiger partial charge in [0.05, 0.1) is 5.69 Å². The second kappa shape index (κ2) is 6.65. The van der Waals surface area contributed by atoms with E-state index in [1.807, 2.05) is 0 Å². The van der Waals surface area contributed by atoms with Crippen LogP contribution in [0.1, 0.15) is 17.3 Å². The molecule has 2 aromatic rings. The van der Waals surface area contributed by atoms with E-state index >= 15 is 0 Å². The molecule has 21 heavy (non-hydrogen) atoms. The number of hydrogen-bond donors (Lipinski definition) is 1. The number of hydrogen-bond acceptors (Lipinski definition) is 3. The number of ether oxygens (including phenoxy) is 1. The second-order valence-corrected chi connectivity index (χ2v) is 4.37. The lowest BCUT2D eigenvalue weighted by molar-refractivity contribution is -0.118. The van der Waals surface area contributed by atoms with E-state index in [4.69, 9.17) is 4.74 Å². The maximum atomic E-state index is 13.3. The van der Waals surface area contributed by atoms with Crippen LogP contribution >= 0.6 is 0 Å². The van der Waals surface area contributed by atoms with Crippen molar-refractivity contribution < 1.29 is 18.7 Å². The molecule has 0 unspecified atom stereocenters. The Bertz CT molecular complexity index is 670. The largest absolute Gasteiger partial charge is 0.481 e. The van der Waals surface area contributed by atoms with Gasteiger partial charge < -0.3 is 10.1 Å². The Morgan fingerprint density at radius 3 is 2.48 bits per heavy atom. The molecule has 0 radical (unpaired) electrons. The summed E-state index contributed by atoms with van der Waals surface area (Å²) in [5.74, 6) is -1.14. The van der Waals surface area contributed by atoms with Gasteiger partial charge in [-0.3, -0.25) is 9.59 Å². The first kappa shape index (κ1) is 14.7. The average Bonchev–Trinajstić information content (AvgIpc) is 2.47. The van der Waals surface area contributed by atoms with Gasteiger partial charge >= 0.3 is 0 Å². The van der Waals surface area contributed by atoms with Crippen molar-refractivity contribution in [1.82, 2.24) is 0 Å². The lowest BCUT2D eigenvalue weighted by Crippen LogP contribution is -2.21. The first-order chi connectivity index (χ1) is 10.1. The highest BCUT2D eigenvalue weighted by Crippen LogP contribution is 2.17. The van der Waals surface area contributed by atoms with Crippen LogP contribution in [0.15, 0.2) is 48.5 Å². The summed E-state index contributed by atoms with van der Waals surface area (Å²) in [5, 5.41) is 2.57. The van der Waals surface area contributed by atoms with Gasteiger partial charge in [-0.25, -0.2) is 4.39 Å². The van der Waals surface area contributed by atoms with Gasteiger partial charge in [-0.15, -0.1) is 0 Å². The van der Waals surface area contributed by atoms with Gasteiger partial charge in [-0.1, -0.05) is 24.3 Å². The predicted molar refractivity (Wildman–Crippen MR) is 77.0 cm³/mol. The monoisotopic (exact) mass is 287 g/mol. The number of para-hydroxylation sites is 2. The fraction of sp³-hybridized carbons (Fsp3) is 0.125. The highest BCUT2D eigenvalue weighted by Gasteiger charge is 2.11. The summed E-state index contributed by atoms with van der Waals surface area (Å²) in [7, 11) is 0. The van der Waals surface area contributed by atoms with E-state index < -0.39 is 11.7 Å². The van der Waals surface area contributed by atoms with Crippen LogP contribution in [-0.4, -0.2) is 18.3 Å². The Morgan fingerprint density at radius 1 is 1.10 bits per heavy atom. The number of Topliss-reactive ketones (excluding diaryl/α,β-unsaturated/α-hetero) is 1. The fourth-order valence-corrected chi connectivity index (χ4v) is 1.79. The molecule has 4 nitrogen and oxygen atoms in total. The van der Waals surface area contributed by atoms with E-state index in [1.165, 1.54) is 25.1 Å². The molecule has 0 aromatic heterocycles. The van der Waals surface area contributed by atoms with E-state index in [-0.39, 0.29) is 18.1 Å². The molecule has 1 amide bonds. The fourth-order valence-electron chi connectivity index (χ4n) is 1.79. The second-order valence-electron chi connectivity index (χ2n) is 4.37. The molecule has 0 saturated carbocycles. The topological polar surface area (TPSA) is 55.4 Å². The van der Waals surface area contributed by atoms with Crippen molar-refractivity contribution in [3.05, 3.63) is 59.9 Å². The maximum Gasteiger partial charge on any atom is 0.262 e. The SMILES string of the molecule is CC(=O)c1ccccc1NC(=O)COc1ccccc1F. The summed E-state index contributed by atoms with van der Waals surface area (Å²) in [6.07, 6.45) is 0. The van der Waals surface area contributed by atoms with Gasteiger partial charge in [0, 0.05) is 5.56 Å².